The Bertz CT molecular complexity index is 839. The van der Waals surface area contributed by atoms with E-state index in [0.717, 1.165) is 0 Å². The molecule has 0 bridgehead atoms. The largest absolute Gasteiger partial charge is 0.351 e. The van der Waals surface area contributed by atoms with E-state index in [2.05, 4.69) is 16.0 Å². The maximum absolute atomic E-state index is 13.6. The summed E-state index contributed by atoms with van der Waals surface area (Å²) in [6.07, 6.45) is 0. The molecule has 0 saturated carbocycles. The van der Waals surface area contributed by atoms with E-state index in [0.29, 0.717) is 40.6 Å². The van der Waals surface area contributed by atoms with E-state index in [1.54, 1.807) is 24.3 Å². The maximum Gasteiger partial charge on any atom is 0.251 e. The van der Waals surface area contributed by atoms with Crippen LogP contribution in [0.3, 0.4) is 0 Å². The summed E-state index contributed by atoms with van der Waals surface area (Å²) in [5.74, 6) is 0.00781. The summed E-state index contributed by atoms with van der Waals surface area (Å²) >= 11 is 1.51. The monoisotopic (exact) mass is 403 g/mol. The summed E-state index contributed by atoms with van der Waals surface area (Å²) in [5, 5.41) is 7.99. The second kappa shape index (κ2) is 10.5. The van der Waals surface area contributed by atoms with Crippen LogP contribution in [0.1, 0.15) is 29.8 Å². The Balaban J connectivity index is 1.92. The number of benzene rings is 2. The van der Waals surface area contributed by atoms with E-state index in [9.17, 15) is 18.8 Å². The predicted octanol–water partition coefficient (Wildman–Crippen LogP) is 3.41. The van der Waals surface area contributed by atoms with E-state index in [1.807, 2.05) is 0 Å². The Morgan fingerprint density at radius 3 is 2.14 bits per heavy atom. The highest BCUT2D eigenvalue weighted by molar-refractivity contribution is 7.98. The van der Waals surface area contributed by atoms with Gasteiger partial charge in [-0.1, -0.05) is 18.2 Å². The molecule has 2 aromatic rings. The van der Waals surface area contributed by atoms with E-state index in [-0.39, 0.29) is 23.5 Å². The molecule has 0 fully saturated rings. The van der Waals surface area contributed by atoms with E-state index < -0.39 is 0 Å². The molecular weight excluding hydrogens is 381 g/mol. The Labute approximate surface area is 167 Å². The molecule has 2 aromatic carbocycles. The number of hydrogen-bond donors (Lipinski definition) is 3. The van der Waals surface area contributed by atoms with Gasteiger partial charge in [-0.25, -0.2) is 4.39 Å². The van der Waals surface area contributed by atoms with Crippen molar-refractivity contribution in [1.29, 1.82) is 0 Å². The van der Waals surface area contributed by atoms with Gasteiger partial charge in [-0.2, -0.15) is 11.8 Å². The Hall–Kier alpha value is -2.87. The van der Waals surface area contributed by atoms with Crippen molar-refractivity contribution in [2.24, 2.45) is 0 Å². The molecular formula is C20H22FN3O3S. The van der Waals surface area contributed by atoms with Gasteiger partial charge in [0, 0.05) is 48.8 Å². The van der Waals surface area contributed by atoms with E-state index in [4.69, 9.17) is 0 Å². The minimum Gasteiger partial charge on any atom is -0.351 e. The van der Waals surface area contributed by atoms with Gasteiger partial charge in [0.25, 0.3) is 5.91 Å². The van der Waals surface area contributed by atoms with Crippen LogP contribution in [-0.4, -0.2) is 30.0 Å². The van der Waals surface area contributed by atoms with Crippen molar-refractivity contribution in [2.75, 3.05) is 22.9 Å². The number of carbonyl (C=O) groups is 3. The van der Waals surface area contributed by atoms with Crippen molar-refractivity contribution in [1.82, 2.24) is 5.32 Å². The third-order valence-corrected chi connectivity index (χ3v) is 4.59. The molecule has 0 atom stereocenters. The fourth-order valence-electron chi connectivity index (χ4n) is 2.45. The molecule has 0 unspecified atom stereocenters. The standard InChI is InChI=1S/C20H22FN3O3S/c1-13(25)23-17-9-16(10-18(11-17)24-14(2)26)20(27)22-7-8-28-12-15-5-3-4-6-19(15)21/h3-6,9-11H,7-8,12H2,1-2H3,(H,22,27)(H,23,25)(H,24,26). The molecule has 3 amide bonds. The van der Waals surface area contributed by atoms with Crippen LogP contribution in [0.2, 0.25) is 0 Å². The predicted molar refractivity (Wildman–Crippen MR) is 110 cm³/mol. The third-order valence-electron chi connectivity index (χ3n) is 3.58. The van der Waals surface area contributed by atoms with Crippen molar-refractivity contribution in [2.45, 2.75) is 19.6 Å². The quantitative estimate of drug-likeness (QED) is 0.590. The van der Waals surface area contributed by atoms with Gasteiger partial charge in [-0.15, -0.1) is 0 Å². The molecule has 6 nitrogen and oxygen atoms in total. The average Bonchev–Trinajstić information content (AvgIpc) is 2.61. The Kier molecular flexibility index (Phi) is 8.01. The summed E-state index contributed by atoms with van der Waals surface area (Å²) in [4.78, 5) is 35.0. The zero-order valence-electron chi connectivity index (χ0n) is 15.7. The number of hydrogen-bond acceptors (Lipinski definition) is 4. The van der Waals surface area contributed by atoms with Gasteiger partial charge in [0.15, 0.2) is 0 Å². The second-order valence-electron chi connectivity index (χ2n) is 6.06. The summed E-state index contributed by atoms with van der Waals surface area (Å²) in [7, 11) is 0. The lowest BCUT2D eigenvalue weighted by Gasteiger charge is -2.11. The first-order valence-electron chi connectivity index (χ1n) is 8.65. The minimum absolute atomic E-state index is 0.237. The second-order valence-corrected chi connectivity index (χ2v) is 7.17. The average molecular weight is 403 g/mol. The van der Waals surface area contributed by atoms with Gasteiger partial charge in [0.2, 0.25) is 11.8 Å². The molecule has 0 spiro atoms. The first-order chi connectivity index (χ1) is 13.3. The lowest BCUT2D eigenvalue weighted by Crippen LogP contribution is -2.26. The summed E-state index contributed by atoms with van der Waals surface area (Å²) in [6.45, 7) is 3.12. The van der Waals surface area contributed by atoms with Gasteiger partial charge in [0.1, 0.15) is 5.82 Å². The lowest BCUT2D eigenvalue weighted by molar-refractivity contribution is -0.115. The number of halogens is 1. The highest BCUT2D eigenvalue weighted by Crippen LogP contribution is 2.20. The summed E-state index contributed by atoms with van der Waals surface area (Å²) in [5.41, 5.74) is 1.77. The van der Waals surface area contributed by atoms with Gasteiger partial charge < -0.3 is 16.0 Å². The third kappa shape index (κ3) is 7.03. The van der Waals surface area contributed by atoms with Crippen molar-refractivity contribution in [3.63, 3.8) is 0 Å². The minimum atomic E-state index is -0.328. The van der Waals surface area contributed by atoms with E-state index in [1.165, 1.54) is 43.8 Å². The number of rotatable bonds is 8. The number of anilines is 2. The summed E-state index contributed by atoms with van der Waals surface area (Å²) in [6, 6.07) is 11.2. The zero-order valence-corrected chi connectivity index (χ0v) is 16.5. The molecule has 8 heteroatoms. The van der Waals surface area contributed by atoms with Crippen LogP contribution in [0.4, 0.5) is 15.8 Å². The number of thioether (sulfide) groups is 1. The van der Waals surface area contributed by atoms with Crippen LogP contribution in [0, 0.1) is 5.82 Å². The van der Waals surface area contributed by atoms with Crippen LogP contribution in [0.5, 0.6) is 0 Å². The SMILES string of the molecule is CC(=O)Nc1cc(NC(C)=O)cc(C(=O)NCCSCc2ccccc2F)c1. The molecule has 28 heavy (non-hydrogen) atoms. The fraction of sp³-hybridized carbons (Fsp3) is 0.250. The van der Waals surface area contributed by atoms with Gasteiger partial charge >= 0.3 is 0 Å². The molecule has 2 rings (SSSR count). The Morgan fingerprint density at radius 2 is 1.57 bits per heavy atom. The molecule has 0 heterocycles. The zero-order chi connectivity index (χ0) is 20.5. The van der Waals surface area contributed by atoms with Crippen molar-refractivity contribution in [3.8, 4) is 0 Å². The van der Waals surface area contributed by atoms with Crippen LogP contribution in [0.15, 0.2) is 42.5 Å². The van der Waals surface area contributed by atoms with Gasteiger partial charge in [0.05, 0.1) is 0 Å². The van der Waals surface area contributed by atoms with Crippen LogP contribution < -0.4 is 16.0 Å². The highest BCUT2D eigenvalue weighted by atomic mass is 32.2. The normalized spacial score (nSPS) is 10.2. The first kappa shape index (κ1) is 21.4. The first-order valence-corrected chi connectivity index (χ1v) is 9.80. The molecule has 0 aliphatic heterocycles. The molecule has 148 valence electrons. The summed E-state index contributed by atoms with van der Waals surface area (Å²) < 4.78 is 13.6. The van der Waals surface area contributed by atoms with E-state index >= 15 is 0 Å². The molecule has 0 aliphatic rings. The van der Waals surface area contributed by atoms with Crippen LogP contribution in [-0.2, 0) is 15.3 Å². The smallest absolute Gasteiger partial charge is 0.251 e. The lowest BCUT2D eigenvalue weighted by atomic mass is 10.1. The van der Waals surface area contributed by atoms with Crippen molar-refractivity contribution >= 4 is 40.9 Å². The van der Waals surface area contributed by atoms with Crippen molar-refractivity contribution < 1.29 is 18.8 Å². The van der Waals surface area contributed by atoms with Crippen molar-refractivity contribution in [3.05, 3.63) is 59.4 Å². The maximum atomic E-state index is 13.6. The molecule has 3 N–H and O–H groups in total. The number of nitrogens with one attached hydrogen (secondary N) is 3. The van der Waals surface area contributed by atoms with Crippen LogP contribution in [0.25, 0.3) is 0 Å². The van der Waals surface area contributed by atoms with Gasteiger partial charge in [-0.3, -0.25) is 14.4 Å². The Morgan fingerprint density at radius 1 is 0.964 bits per heavy atom. The molecule has 0 saturated heterocycles. The molecule has 0 radical (unpaired) electrons. The van der Waals surface area contributed by atoms with Crippen LogP contribution >= 0.6 is 11.8 Å². The van der Waals surface area contributed by atoms with Gasteiger partial charge in [-0.05, 0) is 29.8 Å². The number of amides is 3. The fourth-order valence-corrected chi connectivity index (χ4v) is 3.29. The topological polar surface area (TPSA) is 87.3 Å². The highest BCUT2D eigenvalue weighted by Gasteiger charge is 2.10. The molecule has 0 aliphatic carbocycles. The number of carbonyl (C=O) groups excluding carboxylic acids is 3. The molecule has 0 aromatic heterocycles.